The number of hydrazone groups is 1. The Morgan fingerprint density at radius 2 is 1.54 bits per heavy atom. The van der Waals surface area contributed by atoms with Crippen LogP contribution in [0.1, 0.15) is 18.1 Å². The average Bonchev–Trinajstić information content (AvgIpc) is 2.88. The lowest BCUT2D eigenvalue weighted by atomic mass is 10.1. The fourth-order valence-corrected chi connectivity index (χ4v) is 3.08. The number of rotatable bonds is 9. The zero-order chi connectivity index (χ0) is 25.0. The van der Waals surface area contributed by atoms with Crippen LogP contribution in [0.3, 0.4) is 0 Å². The van der Waals surface area contributed by atoms with Gasteiger partial charge < -0.3 is 20.1 Å². The van der Waals surface area contributed by atoms with Gasteiger partial charge in [-0.05, 0) is 60.0 Å². The van der Waals surface area contributed by atoms with Gasteiger partial charge in [-0.2, -0.15) is 5.10 Å². The van der Waals surface area contributed by atoms with Crippen molar-refractivity contribution in [2.24, 2.45) is 5.10 Å². The minimum atomic E-state index is -0.928. The highest BCUT2D eigenvalue weighted by Crippen LogP contribution is 2.22. The van der Waals surface area contributed by atoms with E-state index in [0.717, 1.165) is 17.7 Å². The van der Waals surface area contributed by atoms with Crippen LogP contribution in [-0.4, -0.2) is 37.7 Å². The van der Waals surface area contributed by atoms with Crippen molar-refractivity contribution < 1.29 is 23.9 Å². The van der Waals surface area contributed by atoms with E-state index in [0.29, 0.717) is 22.7 Å². The van der Waals surface area contributed by atoms with E-state index in [1.165, 1.54) is 13.3 Å². The second kappa shape index (κ2) is 12.5. The second-order valence-corrected chi connectivity index (χ2v) is 7.27. The molecular formula is C26H26N4O5. The lowest BCUT2D eigenvalue weighted by molar-refractivity contribution is -0.136. The summed E-state index contributed by atoms with van der Waals surface area (Å²) in [6, 6.07) is 21.1. The number of para-hydroxylation sites is 3. The number of methoxy groups -OCH3 is 1. The van der Waals surface area contributed by atoms with Gasteiger partial charge in [0.2, 0.25) is 0 Å². The fraction of sp³-hybridized carbons (Fsp3) is 0.154. The molecule has 0 aromatic heterocycles. The van der Waals surface area contributed by atoms with Crippen molar-refractivity contribution in [3.05, 3.63) is 83.9 Å². The molecule has 35 heavy (non-hydrogen) atoms. The number of ether oxygens (including phenoxy) is 2. The molecular weight excluding hydrogens is 448 g/mol. The van der Waals surface area contributed by atoms with Crippen molar-refractivity contribution in [3.8, 4) is 11.5 Å². The maximum Gasteiger partial charge on any atom is 0.329 e. The average molecular weight is 475 g/mol. The van der Waals surface area contributed by atoms with E-state index in [4.69, 9.17) is 9.47 Å². The summed E-state index contributed by atoms with van der Waals surface area (Å²) in [7, 11) is 1.47. The molecule has 180 valence electrons. The minimum absolute atomic E-state index is 0.136. The van der Waals surface area contributed by atoms with Gasteiger partial charge in [0.25, 0.3) is 5.91 Å². The third-order valence-electron chi connectivity index (χ3n) is 4.86. The highest BCUT2D eigenvalue weighted by atomic mass is 16.5. The fourth-order valence-electron chi connectivity index (χ4n) is 3.08. The van der Waals surface area contributed by atoms with E-state index >= 15 is 0 Å². The number of aryl methyl sites for hydroxylation is 1. The van der Waals surface area contributed by atoms with Crippen LogP contribution in [0.5, 0.6) is 11.5 Å². The smallest absolute Gasteiger partial charge is 0.329 e. The molecule has 0 aliphatic carbocycles. The molecule has 0 spiro atoms. The van der Waals surface area contributed by atoms with Crippen molar-refractivity contribution in [2.75, 3.05) is 24.4 Å². The predicted octanol–water partition coefficient (Wildman–Crippen LogP) is 3.36. The molecule has 0 aliphatic heterocycles. The largest absolute Gasteiger partial charge is 0.495 e. The quantitative estimate of drug-likeness (QED) is 0.250. The Morgan fingerprint density at radius 3 is 2.26 bits per heavy atom. The second-order valence-electron chi connectivity index (χ2n) is 7.27. The van der Waals surface area contributed by atoms with Crippen molar-refractivity contribution in [3.63, 3.8) is 0 Å². The number of benzene rings is 3. The first-order chi connectivity index (χ1) is 17.0. The van der Waals surface area contributed by atoms with Gasteiger partial charge >= 0.3 is 11.8 Å². The molecule has 3 rings (SSSR count). The summed E-state index contributed by atoms with van der Waals surface area (Å²) in [5.41, 5.74) is 5.02. The summed E-state index contributed by atoms with van der Waals surface area (Å²) < 4.78 is 10.7. The number of carbonyl (C=O) groups is 3. The van der Waals surface area contributed by atoms with Crippen LogP contribution in [0.25, 0.3) is 0 Å². The summed E-state index contributed by atoms with van der Waals surface area (Å²) >= 11 is 0. The Labute approximate surface area is 203 Å². The monoisotopic (exact) mass is 474 g/mol. The van der Waals surface area contributed by atoms with Gasteiger partial charge in [0.1, 0.15) is 11.5 Å². The van der Waals surface area contributed by atoms with Crippen LogP contribution >= 0.6 is 0 Å². The molecule has 0 bridgehead atoms. The third kappa shape index (κ3) is 7.43. The molecule has 3 N–H and O–H groups in total. The summed E-state index contributed by atoms with van der Waals surface area (Å²) in [5.74, 6) is -1.13. The Balaban J connectivity index is 1.45. The Hall–Kier alpha value is -4.66. The van der Waals surface area contributed by atoms with Crippen LogP contribution in [0.2, 0.25) is 0 Å². The van der Waals surface area contributed by atoms with Crippen LogP contribution in [0.15, 0.2) is 77.9 Å². The van der Waals surface area contributed by atoms with Gasteiger partial charge in [-0.1, -0.05) is 37.3 Å². The van der Waals surface area contributed by atoms with Gasteiger partial charge in [0.15, 0.2) is 6.61 Å². The molecule has 0 heterocycles. The van der Waals surface area contributed by atoms with Crippen LogP contribution < -0.4 is 25.5 Å². The number of amides is 3. The third-order valence-corrected chi connectivity index (χ3v) is 4.86. The van der Waals surface area contributed by atoms with E-state index in [1.54, 1.807) is 48.5 Å². The van der Waals surface area contributed by atoms with E-state index < -0.39 is 11.8 Å². The van der Waals surface area contributed by atoms with Crippen molar-refractivity contribution in [2.45, 2.75) is 13.3 Å². The first-order valence-electron chi connectivity index (χ1n) is 10.9. The Kier molecular flexibility index (Phi) is 8.95. The number of hydrogen-bond donors (Lipinski definition) is 3. The van der Waals surface area contributed by atoms with E-state index in [1.807, 2.05) is 31.2 Å². The first-order valence-corrected chi connectivity index (χ1v) is 10.9. The summed E-state index contributed by atoms with van der Waals surface area (Å²) in [6.45, 7) is 1.89. The van der Waals surface area contributed by atoms with Gasteiger partial charge in [0.05, 0.1) is 19.0 Å². The molecule has 3 amide bonds. The van der Waals surface area contributed by atoms with Crippen LogP contribution in [0.4, 0.5) is 11.4 Å². The molecule has 0 radical (unpaired) electrons. The van der Waals surface area contributed by atoms with Gasteiger partial charge in [-0.15, -0.1) is 0 Å². The lowest BCUT2D eigenvalue weighted by Gasteiger charge is -2.10. The number of anilines is 2. The Morgan fingerprint density at radius 1 is 0.857 bits per heavy atom. The van der Waals surface area contributed by atoms with Gasteiger partial charge in [-0.3, -0.25) is 14.4 Å². The summed E-state index contributed by atoms with van der Waals surface area (Å²) in [6.07, 6.45) is 2.19. The van der Waals surface area contributed by atoms with E-state index in [9.17, 15) is 14.4 Å². The van der Waals surface area contributed by atoms with Crippen molar-refractivity contribution >= 4 is 35.3 Å². The molecule has 0 unspecified atom stereocenters. The highest BCUT2D eigenvalue weighted by Gasteiger charge is 2.15. The zero-order valence-electron chi connectivity index (χ0n) is 19.4. The van der Waals surface area contributed by atoms with Crippen molar-refractivity contribution in [1.29, 1.82) is 0 Å². The summed E-state index contributed by atoms with van der Waals surface area (Å²) in [5, 5.41) is 9.10. The molecule has 0 saturated carbocycles. The van der Waals surface area contributed by atoms with E-state index in [2.05, 4.69) is 21.2 Å². The SMILES string of the molecule is CCc1ccccc1NC(=O)COc1ccc(/C=N\NC(=O)C(=O)Nc2ccccc2OC)cc1. The number of nitrogens with zero attached hydrogens (tertiary/aromatic N) is 1. The maximum atomic E-state index is 12.2. The molecule has 0 atom stereocenters. The summed E-state index contributed by atoms with van der Waals surface area (Å²) in [4.78, 5) is 36.2. The minimum Gasteiger partial charge on any atom is -0.495 e. The van der Waals surface area contributed by atoms with Crippen molar-refractivity contribution in [1.82, 2.24) is 5.43 Å². The first kappa shape index (κ1) is 25.0. The molecule has 9 heteroatoms. The van der Waals surface area contributed by atoms with Crippen LogP contribution in [-0.2, 0) is 20.8 Å². The van der Waals surface area contributed by atoms with Gasteiger partial charge in [0, 0.05) is 5.69 Å². The molecule has 0 saturated heterocycles. The number of hydrogen-bond acceptors (Lipinski definition) is 6. The van der Waals surface area contributed by atoms with Crippen LogP contribution in [0, 0.1) is 0 Å². The molecule has 3 aromatic rings. The molecule has 3 aromatic carbocycles. The number of nitrogens with one attached hydrogen (secondary N) is 3. The maximum absolute atomic E-state index is 12.2. The molecule has 0 aliphatic rings. The van der Waals surface area contributed by atoms with Gasteiger partial charge in [-0.25, -0.2) is 5.43 Å². The predicted molar refractivity (Wildman–Crippen MR) is 134 cm³/mol. The zero-order valence-corrected chi connectivity index (χ0v) is 19.4. The number of carbonyl (C=O) groups excluding carboxylic acids is 3. The lowest BCUT2D eigenvalue weighted by Crippen LogP contribution is -2.32. The standard InChI is InChI=1S/C26H26N4O5/c1-3-19-8-4-5-9-21(19)28-24(31)17-35-20-14-12-18(13-15-20)16-27-30-26(33)25(32)29-22-10-6-7-11-23(22)34-2/h4-16H,3,17H2,1-2H3,(H,28,31)(H,29,32)(H,30,33)/b27-16-. The topological polar surface area (TPSA) is 118 Å². The normalized spacial score (nSPS) is 10.5. The molecule has 0 fully saturated rings. The van der Waals surface area contributed by atoms with E-state index in [-0.39, 0.29) is 12.5 Å². The highest BCUT2D eigenvalue weighted by molar-refractivity contribution is 6.39. The Bertz CT molecular complexity index is 1210. The molecule has 9 nitrogen and oxygen atoms in total.